The van der Waals surface area contributed by atoms with Gasteiger partial charge in [-0.15, -0.1) is 11.8 Å². The van der Waals surface area contributed by atoms with Gasteiger partial charge in [-0.2, -0.15) is 0 Å². The molecule has 2 saturated heterocycles. The van der Waals surface area contributed by atoms with Crippen molar-refractivity contribution in [3.05, 3.63) is 29.8 Å². The second kappa shape index (κ2) is 12.8. The molecule has 0 radical (unpaired) electrons. The first kappa shape index (κ1) is 26.1. The molecule has 1 aliphatic carbocycles. The van der Waals surface area contributed by atoms with Crippen LogP contribution in [0.2, 0.25) is 0 Å². The molecule has 1 saturated carbocycles. The van der Waals surface area contributed by atoms with E-state index in [0.29, 0.717) is 36.2 Å². The van der Waals surface area contributed by atoms with Gasteiger partial charge in [0.2, 0.25) is 11.8 Å². The van der Waals surface area contributed by atoms with E-state index in [4.69, 9.17) is 0 Å². The predicted molar refractivity (Wildman–Crippen MR) is 140 cm³/mol. The molecule has 192 valence electrons. The summed E-state index contributed by atoms with van der Waals surface area (Å²) >= 11 is 1.44. The van der Waals surface area contributed by atoms with Crippen molar-refractivity contribution in [2.75, 3.05) is 38.5 Å². The van der Waals surface area contributed by atoms with E-state index < -0.39 is 0 Å². The minimum atomic E-state index is 0.00760. The molecule has 3 aliphatic rings. The highest BCUT2D eigenvalue weighted by Crippen LogP contribution is 2.28. The number of nitrogens with one attached hydrogen (secondary N) is 1. The smallest absolute Gasteiger partial charge is 0.254 e. The average Bonchev–Trinajstić information content (AvgIpc) is 2.91. The lowest BCUT2D eigenvalue weighted by molar-refractivity contribution is -0.138. The van der Waals surface area contributed by atoms with Crippen molar-refractivity contribution in [1.82, 2.24) is 15.1 Å². The number of hydrogen-bond acceptors (Lipinski definition) is 4. The fourth-order valence-corrected chi connectivity index (χ4v) is 6.63. The Balaban J connectivity index is 1.26. The monoisotopic (exact) mass is 499 g/mol. The molecule has 1 unspecified atom stereocenters. The minimum absolute atomic E-state index is 0.00760. The Morgan fingerprint density at radius 2 is 1.66 bits per heavy atom. The molecule has 1 aromatic carbocycles. The van der Waals surface area contributed by atoms with Crippen molar-refractivity contribution in [2.24, 2.45) is 17.8 Å². The lowest BCUT2D eigenvalue weighted by Gasteiger charge is -2.37. The van der Waals surface area contributed by atoms with Crippen LogP contribution in [0.4, 0.5) is 0 Å². The summed E-state index contributed by atoms with van der Waals surface area (Å²) < 4.78 is 0. The largest absolute Gasteiger partial charge is 0.355 e. The van der Waals surface area contributed by atoms with E-state index >= 15 is 0 Å². The van der Waals surface area contributed by atoms with Crippen molar-refractivity contribution >= 4 is 29.5 Å². The molecule has 7 heteroatoms. The number of carbonyl (C=O) groups is 3. The molecule has 1 N–H and O–H groups in total. The third-order valence-corrected chi connectivity index (χ3v) is 8.96. The molecule has 0 aromatic heterocycles. The van der Waals surface area contributed by atoms with Crippen LogP contribution < -0.4 is 5.32 Å². The molecular formula is C28H41N3O3S. The first-order valence-corrected chi connectivity index (χ1v) is 14.6. The highest BCUT2D eigenvalue weighted by Gasteiger charge is 2.32. The molecule has 3 fully saturated rings. The van der Waals surface area contributed by atoms with Crippen LogP contribution in [0.1, 0.15) is 75.1 Å². The summed E-state index contributed by atoms with van der Waals surface area (Å²) in [7, 11) is 0. The van der Waals surface area contributed by atoms with E-state index in [0.717, 1.165) is 43.8 Å². The van der Waals surface area contributed by atoms with Gasteiger partial charge in [0, 0.05) is 43.5 Å². The first-order chi connectivity index (χ1) is 17.0. The topological polar surface area (TPSA) is 69.7 Å². The summed E-state index contributed by atoms with van der Waals surface area (Å²) in [6.07, 6.45) is 10.0. The number of nitrogens with zero attached hydrogens (tertiary/aromatic N) is 2. The third-order valence-electron chi connectivity index (χ3n) is 7.89. The van der Waals surface area contributed by atoms with E-state index in [9.17, 15) is 14.4 Å². The van der Waals surface area contributed by atoms with Crippen molar-refractivity contribution in [2.45, 2.75) is 69.6 Å². The summed E-state index contributed by atoms with van der Waals surface area (Å²) in [6.45, 7) is 5.96. The van der Waals surface area contributed by atoms with Gasteiger partial charge >= 0.3 is 0 Å². The Morgan fingerprint density at radius 1 is 0.914 bits per heavy atom. The van der Waals surface area contributed by atoms with E-state index in [1.165, 1.54) is 50.3 Å². The number of piperidine rings is 2. The summed E-state index contributed by atoms with van der Waals surface area (Å²) in [5.41, 5.74) is 0.659. The Hall–Kier alpha value is -2.02. The number of benzene rings is 1. The van der Waals surface area contributed by atoms with Gasteiger partial charge in [-0.3, -0.25) is 14.4 Å². The molecule has 0 spiro atoms. The lowest BCUT2D eigenvalue weighted by atomic mass is 9.89. The van der Waals surface area contributed by atoms with Gasteiger partial charge in [-0.1, -0.05) is 38.3 Å². The highest BCUT2D eigenvalue weighted by molar-refractivity contribution is 8.00. The maximum atomic E-state index is 13.3. The molecule has 3 amide bonds. The Morgan fingerprint density at radius 3 is 2.40 bits per heavy atom. The number of carbonyl (C=O) groups excluding carboxylic acids is 3. The summed E-state index contributed by atoms with van der Waals surface area (Å²) in [4.78, 5) is 43.5. The summed E-state index contributed by atoms with van der Waals surface area (Å²) in [5, 5.41) is 3.09. The van der Waals surface area contributed by atoms with Crippen LogP contribution >= 0.6 is 11.8 Å². The molecule has 6 nitrogen and oxygen atoms in total. The van der Waals surface area contributed by atoms with Gasteiger partial charge in [0.05, 0.1) is 11.3 Å². The Labute approximate surface area is 214 Å². The van der Waals surface area contributed by atoms with Crippen molar-refractivity contribution in [3.8, 4) is 0 Å². The van der Waals surface area contributed by atoms with Crippen LogP contribution in [0.5, 0.6) is 0 Å². The van der Waals surface area contributed by atoms with Gasteiger partial charge < -0.3 is 15.1 Å². The van der Waals surface area contributed by atoms with Gasteiger partial charge in [-0.05, 0) is 62.5 Å². The zero-order valence-electron chi connectivity index (χ0n) is 21.2. The van der Waals surface area contributed by atoms with Crippen molar-refractivity contribution in [3.63, 3.8) is 0 Å². The third kappa shape index (κ3) is 7.25. The Kier molecular flexibility index (Phi) is 9.52. The fraction of sp³-hybridized carbons (Fsp3) is 0.679. The number of rotatable bonds is 7. The van der Waals surface area contributed by atoms with Crippen LogP contribution in [0.25, 0.3) is 0 Å². The number of thioether (sulfide) groups is 1. The fourth-order valence-electron chi connectivity index (χ4n) is 5.76. The zero-order chi connectivity index (χ0) is 24.6. The van der Waals surface area contributed by atoms with E-state index in [-0.39, 0.29) is 23.6 Å². The number of hydrogen-bond donors (Lipinski definition) is 1. The van der Waals surface area contributed by atoms with Crippen LogP contribution in [-0.2, 0) is 9.59 Å². The second-order valence-corrected chi connectivity index (χ2v) is 11.7. The maximum Gasteiger partial charge on any atom is 0.254 e. The van der Waals surface area contributed by atoms with E-state index in [2.05, 4.69) is 12.2 Å². The van der Waals surface area contributed by atoms with Gasteiger partial charge in [-0.25, -0.2) is 0 Å². The zero-order valence-corrected chi connectivity index (χ0v) is 22.0. The molecule has 1 aromatic rings. The second-order valence-electron chi connectivity index (χ2n) is 10.7. The van der Waals surface area contributed by atoms with Crippen molar-refractivity contribution in [1.29, 1.82) is 0 Å². The molecule has 2 aliphatic heterocycles. The van der Waals surface area contributed by atoms with E-state index in [1.54, 1.807) is 0 Å². The van der Waals surface area contributed by atoms with Gasteiger partial charge in [0.15, 0.2) is 0 Å². The normalized spacial score (nSPS) is 22.1. The molecule has 2 heterocycles. The highest BCUT2D eigenvalue weighted by atomic mass is 32.2. The van der Waals surface area contributed by atoms with Gasteiger partial charge in [0.1, 0.15) is 0 Å². The van der Waals surface area contributed by atoms with Crippen LogP contribution in [0.15, 0.2) is 29.2 Å². The maximum absolute atomic E-state index is 13.3. The molecule has 4 rings (SSSR count). The first-order valence-electron chi connectivity index (χ1n) is 13.6. The molecule has 0 bridgehead atoms. The van der Waals surface area contributed by atoms with Crippen molar-refractivity contribution < 1.29 is 14.4 Å². The van der Waals surface area contributed by atoms with Gasteiger partial charge in [0.25, 0.3) is 5.91 Å². The quantitative estimate of drug-likeness (QED) is 0.558. The van der Waals surface area contributed by atoms with Crippen LogP contribution in [0.3, 0.4) is 0 Å². The molecular weight excluding hydrogens is 458 g/mol. The number of amides is 3. The van der Waals surface area contributed by atoms with E-state index in [1.807, 2.05) is 34.1 Å². The SMILES string of the molecule is CC1CCCN(C(=O)C2CCN(C(=O)c3ccccc3SCC(=O)NCC3CCCCC3)CC2)C1. The molecule has 1 atom stereocenters. The molecule has 35 heavy (non-hydrogen) atoms. The summed E-state index contributed by atoms with van der Waals surface area (Å²) in [5.74, 6) is 1.86. The predicted octanol–water partition coefficient (Wildman–Crippen LogP) is 4.59. The van der Waals surface area contributed by atoms with Crippen LogP contribution in [0, 0.1) is 17.8 Å². The van der Waals surface area contributed by atoms with Crippen LogP contribution in [-0.4, -0.2) is 66.0 Å². The Bertz CT molecular complexity index is 878. The minimum Gasteiger partial charge on any atom is -0.355 e. The average molecular weight is 500 g/mol. The number of likely N-dealkylation sites (tertiary alicyclic amines) is 2. The summed E-state index contributed by atoms with van der Waals surface area (Å²) in [6, 6.07) is 7.59. The standard InChI is InChI=1S/C28H41N3O3S/c1-21-8-7-15-31(19-21)27(33)23-13-16-30(17-14-23)28(34)24-11-5-6-12-25(24)35-20-26(32)29-18-22-9-3-2-4-10-22/h5-6,11-12,21-23H,2-4,7-10,13-20H2,1H3,(H,29,32). The lowest BCUT2D eigenvalue weighted by Crippen LogP contribution is -2.47.